The van der Waals surface area contributed by atoms with Crippen LogP contribution >= 0.6 is 11.6 Å². The first-order valence-corrected chi connectivity index (χ1v) is 8.31. The van der Waals surface area contributed by atoms with Crippen LogP contribution in [0.2, 0.25) is 5.02 Å². The molecule has 0 radical (unpaired) electrons. The molecule has 2 aliphatic rings. The summed E-state index contributed by atoms with van der Waals surface area (Å²) in [7, 11) is 1.65. The number of carbonyl (C=O) groups is 3. The zero-order chi connectivity index (χ0) is 17.5. The molecule has 1 unspecified atom stereocenters. The first-order valence-electron chi connectivity index (χ1n) is 7.94. The highest BCUT2D eigenvalue weighted by Crippen LogP contribution is 2.42. The molecule has 24 heavy (non-hydrogen) atoms. The van der Waals surface area contributed by atoms with Gasteiger partial charge in [0.25, 0.3) is 5.91 Å². The highest BCUT2D eigenvalue weighted by Gasteiger charge is 2.56. The second kappa shape index (κ2) is 6.09. The van der Waals surface area contributed by atoms with E-state index in [4.69, 9.17) is 11.6 Å². The second-order valence-electron chi connectivity index (χ2n) is 6.67. The molecular weight excluding hydrogens is 330 g/mol. The molecule has 1 N–H and O–H groups in total. The summed E-state index contributed by atoms with van der Waals surface area (Å²) < 4.78 is 0. The van der Waals surface area contributed by atoms with Gasteiger partial charge in [0.15, 0.2) is 0 Å². The number of nitrogens with zero attached hydrogens (tertiary/aromatic N) is 2. The third-order valence-corrected chi connectivity index (χ3v) is 5.00. The number of imide groups is 1. The van der Waals surface area contributed by atoms with E-state index >= 15 is 0 Å². The van der Waals surface area contributed by atoms with E-state index in [9.17, 15) is 14.4 Å². The number of hydrogen-bond donors (Lipinski definition) is 1. The normalized spacial score (nSPS) is 23.4. The number of rotatable bonds is 5. The van der Waals surface area contributed by atoms with Crippen LogP contribution in [0.4, 0.5) is 4.79 Å². The molecule has 1 saturated carbocycles. The summed E-state index contributed by atoms with van der Waals surface area (Å²) in [6, 6.07) is 6.71. The minimum absolute atomic E-state index is 0.181. The molecule has 4 amide bonds. The van der Waals surface area contributed by atoms with Gasteiger partial charge in [-0.1, -0.05) is 23.7 Å². The number of amides is 4. The third-order valence-electron chi connectivity index (χ3n) is 4.75. The Hall–Kier alpha value is -2.08. The van der Waals surface area contributed by atoms with Gasteiger partial charge in [-0.3, -0.25) is 14.5 Å². The van der Waals surface area contributed by atoms with Crippen molar-refractivity contribution < 1.29 is 14.4 Å². The number of likely N-dealkylation sites (N-methyl/N-ethyl adjacent to an activating group) is 1. The van der Waals surface area contributed by atoms with E-state index in [1.54, 1.807) is 26.1 Å². The number of nitrogens with one attached hydrogen (secondary N) is 1. The molecule has 3 rings (SSSR count). The molecule has 6 nitrogen and oxygen atoms in total. The van der Waals surface area contributed by atoms with Gasteiger partial charge in [-0.25, -0.2) is 4.79 Å². The summed E-state index contributed by atoms with van der Waals surface area (Å²) in [5, 5.41) is 3.38. The van der Waals surface area contributed by atoms with Gasteiger partial charge in [-0.05, 0) is 43.4 Å². The standard InChI is InChI=1S/C17H20ClN3O3/c1-17(12-5-6-12)15(23)21(16(24)19-17)10-14(22)20(2)9-11-3-7-13(18)8-4-11/h3-4,7-8,12H,5-6,9-10H2,1-2H3,(H,19,24). The highest BCUT2D eigenvalue weighted by atomic mass is 35.5. The Bertz CT molecular complexity index is 687. The lowest BCUT2D eigenvalue weighted by Crippen LogP contribution is -2.47. The maximum absolute atomic E-state index is 12.5. The minimum atomic E-state index is -0.855. The molecule has 1 saturated heterocycles. The molecule has 1 heterocycles. The number of halogens is 1. The van der Waals surface area contributed by atoms with Gasteiger partial charge in [0.2, 0.25) is 5.91 Å². The van der Waals surface area contributed by atoms with Gasteiger partial charge >= 0.3 is 6.03 Å². The number of hydrogen-bond acceptors (Lipinski definition) is 3. The second-order valence-corrected chi connectivity index (χ2v) is 7.11. The van der Waals surface area contributed by atoms with Crippen molar-refractivity contribution in [3.63, 3.8) is 0 Å². The monoisotopic (exact) mass is 349 g/mol. The van der Waals surface area contributed by atoms with Crippen molar-refractivity contribution >= 4 is 29.4 Å². The number of urea groups is 1. The van der Waals surface area contributed by atoms with Gasteiger partial charge < -0.3 is 10.2 Å². The maximum Gasteiger partial charge on any atom is 0.325 e. The molecule has 0 aromatic heterocycles. The van der Waals surface area contributed by atoms with Crippen LogP contribution in [0.15, 0.2) is 24.3 Å². The van der Waals surface area contributed by atoms with Crippen molar-refractivity contribution in [3.05, 3.63) is 34.9 Å². The van der Waals surface area contributed by atoms with Gasteiger partial charge in [-0.15, -0.1) is 0 Å². The lowest BCUT2D eigenvalue weighted by atomic mass is 9.96. The van der Waals surface area contributed by atoms with Crippen LogP contribution in [-0.4, -0.2) is 46.8 Å². The predicted octanol–water partition coefficient (Wildman–Crippen LogP) is 2.02. The molecule has 7 heteroatoms. The van der Waals surface area contributed by atoms with Crippen LogP contribution in [0.1, 0.15) is 25.3 Å². The lowest BCUT2D eigenvalue weighted by Gasteiger charge is -2.22. The van der Waals surface area contributed by atoms with Gasteiger partial charge in [0.1, 0.15) is 12.1 Å². The van der Waals surface area contributed by atoms with Crippen molar-refractivity contribution in [2.75, 3.05) is 13.6 Å². The fourth-order valence-electron chi connectivity index (χ4n) is 3.00. The molecule has 1 atom stereocenters. The van der Waals surface area contributed by atoms with Crippen LogP contribution in [0.5, 0.6) is 0 Å². The van der Waals surface area contributed by atoms with E-state index in [1.807, 2.05) is 12.1 Å². The van der Waals surface area contributed by atoms with Crippen molar-refractivity contribution in [3.8, 4) is 0 Å². The maximum atomic E-state index is 12.5. The Labute approximate surface area is 145 Å². The molecule has 128 valence electrons. The molecule has 1 aromatic rings. The molecule has 1 aromatic carbocycles. The van der Waals surface area contributed by atoms with Crippen LogP contribution < -0.4 is 5.32 Å². The Morgan fingerprint density at radius 1 is 1.33 bits per heavy atom. The van der Waals surface area contributed by atoms with Crippen molar-refractivity contribution in [2.45, 2.75) is 31.8 Å². The van der Waals surface area contributed by atoms with Gasteiger partial charge in [0, 0.05) is 18.6 Å². The van der Waals surface area contributed by atoms with Crippen molar-refractivity contribution in [1.82, 2.24) is 15.1 Å². The zero-order valence-electron chi connectivity index (χ0n) is 13.7. The zero-order valence-corrected chi connectivity index (χ0v) is 14.5. The smallest absolute Gasteiger partial charge is 0.325 e. The first-order chi connectivity index (χ1) is 11.3. The molecule has 2 fully saturated rings. The van der Waals surface area contributed by atoms with E-state index in [2.05, 4.69) is 5.32 Å². The molecule has 1 aliphatic heterocycles. The Morgan fingerprint density at radius 3 is 2.54 bits per heavy atom. The molecule has 1 aliphatic carbocycles. The SMILES string of the molecule is CN(Cc1ccc(Cl)cc1)C(=O)CN1C(=O)NC(C)(C2CC2)C1=O. The lowest BCUT2D eigenvalue weighted by molar-refractivity contribution is -0.138. The van der Waals surface area contributed by atoms with E-state index in [0.29, 0.717) is 11.6 Å². The summed E-state index contributed by atoms with van der Waals surface area (Å²) in [6.07, 6.45) is 1.86. The summed E-state index contributed by atoms with van der Waals surface area (Å²) in [5.74, 6) is -0.405. The Balaban J connectivity index is 1.62. The van der Waals surface area contributed by atoms with Crippen LogP contribution in [0, 0.1) is 5.92 Å². The van der Waals surface area contributed by atoms with Gasteiger partial charge in [0.05, 0.1) is 0 Å². The van der Waals surface area contributed by atoms with Crippen molar-refractivity contribution in [1.29, 1.82) is 0 Å². The largest absolute Gasteiger partial charge is 0.340 e. The summed E-state index contributed by atoms with van der Waals surface area (Å²) in [6.45, 7) is 1.89. The Kier molecular flexibility index (Phi) is 4.25. The van der Waals surface area contributed by atoms with Crippen LogP contribution in [0.25, 0.3) is 0 Å². The average Bonchev–Trinajstić information content (AvgIpc) is 3.35. The topological polar surface area (TPSA) is 69.7 Å². The third kappa shape index (κ3) is 3.11. The highest BCUT2D eigenvalue weighted by molar-refractivity contribution is 6.30. The molecule has 0 bridgehead atoms. The fraction of sp³-hybridized carbons (Fsp3) is 0.471. The summed E-state index contributed by atoms with van der Waals surface area (Å²) >= 11 is 5.84. The van der Waals surface area contributed by atoms with Gasteiger partial charge in [-0.2, -0.15) is 0 Å². The molecule has 0 spiro atoms. The minimum Gasteiger partial charge on any atom is -0.340 e. The van der Waals surface area contributed by atoms with E-state index < -0.39 is 11.6 Å². The fourth-order valence-corrected chi connectivity index (χ4v) is 3.13. The average molecular weight is 350 g/mol. The summed E-state index contributed by atoms with van der Waals surface area (Å²) in [4.78, 5) is 39.5. The summed E-state index contributed by atoms with van der Waals surface area (Å²) in [5.41, 5.74) is 0.0711. The molecular formula is C17H20ClN3O3. The van der Waals surface area contributed by atoms with Crippen molar-refractivity contribution in [2.24, 2.45) is 5.92 Å². The first kappa shape index (κ1) is 16.8. The van der Waals surface area contributed by atoms with E-state index in [0.717, 1.165) is 23.3 Å². The number of carbonyl (C=O) groups excluding carboxylic acids is 3. The number of benzene rings is 1. The van der Waals surface area contributed by atoms with Crippen LogP contribution in [-0.2, 0) is 16.1 Å². The quantitative estimate of drug-likeness (QED) is 0.827. The van der Waals surface area contributed by atoms with E-state index in [1.165, 1.54) is 4.90 Å². The van der Waals surface area contributed by atoms with Crippen LogP contribution in [0.3, 0.4) is 0 Å². The predicted molar refractivity (Wildman–Crippen MR) is 89.3 cm³/mol. The van der Waals surface area contributed by atoms with E-state index in [-0.39, 0.29) is 24.3 Å². The Morgan fingerprint density at radius 2 is 1.96 bits per heavy atom.